The van der Waals surface area contributed by atoms with Crippen LogP contribution in [0.4, 0.5) is 0 Å². The third-order valence-electron chi connectivity index (χ3n) is 1.84. The molecule has 0 aromatic carbocycles. The van der Waals surface area contributed by atoms with Gasteiger partial charge in [-0.1, -0.05) is 19.8 Å². The number of hydrogen-bond donors (Lipinski definition) is 0. The molecule has 1 fully saturated rings. The van der Waals surface area contributed by atoms with E-state index in [1.165, 1.54) is 36.6 Å². The van der Waals surface area contributed by atoms with Gasteiger partial charge in [-0.3, -0.25) is 0 Å². The Labute approximate surface area is 96.8 Å². The smallest absolute Gasteiger partial charge is 0.199 e. The monoisotopic (exact) mass is 236 g/mol. The van der Waals surface area contributed by atoms with Crippen molar-refractivity contribution in [3.63, 3.8) is 0 Å². The van der Waals surface area contributed by atoms with Gasteiger partial charge in [-0.2, -0.15) is 35.0 Å². The van der Waals surface area contributed by atoms with Crippen LogP contribution in [0.2, 0.25) is 0 Å². The maximum absolute atomic E-state index is 2.28. The maximum atomic E-state index is 2.28. The van der Waals surface area contributed by atoms with Gasteiger partial charge in [-0.05, 0) is 36.4 Å². The van der Waals surface area contributed by atoms with Crippen molar-refractivity contribution in [3.8, 4) is 0 Å². The molecule has 4 heteroatoms. The van der Waals surface area contributed by atoms with E-state index in [4.69, 9.17) is 0 Å². The molecule has 0 radical (unpaired) electrons. The molecule has 0 nitrogen and oxygen atoms in total. The van der Waals surface area contributed by atoms with Crippen LogP contribution in [-0.2, 0) is 0 Å². The van der Waals surface area contributed by atoms with E-state index >= 15 is 0 Å². The molecule has 0 N–H and O–H groups in total. The third-order valence-corrected chi connectivity index (χ3v) is 4.59. The first kappa shape index (κ1) is 14.1. The van der Waals surface area contributed by atoms with E-state index in [0.717, 1.165) is 5.92 Å². The van der Waals surface area contributed by atoms with Gasteiger partial charge < -0.3 is 0 Å². The Morgan fingerprint density at radius 3 is 2.31 bits per heavy atom. The van der Waals surface area contributed by atoms with Crippen molar-refractivity contribution < 1.29 is 0 Å². The molecule has 13 heavy (non-hydrogen) atoms. The highest BCUT2D eigenvalue weighted by Gasteiger charge is 2.13. The van der Waals surface area contributed by atoms with Gasteiger partial charge in [0.1, 0.15) is 0 Å². The molecule has 0 unspecified atom stereocenters. The van der Waals surface area contributed by atoms with Crippen LogP contribution < -0.4 is 0 Å². The van der Waals surface area contributed by atoms with Gasteiger partial charge >= 0.3 is 0 Å². The molecule has 0 bridgehead atoms. The normalized spacial score (nSPS) is 17.2. The Morgan fingerprint density at radius 1 is 1.31 bits per heavy atom. The largest absolute Gasteiger partial charge is 0.256 e. The van der Waals surface area contributed by atoms with Crippen LogP contribution in [0, 0.1) is 5.92 Å². The summed E-state index contributed by atoms with van der Waals surface area (Å²) in [5.41, 5.74) is 0. The van der Waals surface area contributed by atoms with Crippen LogP contribution in [0.15, 0.2) is 0 Å². The Balaban J connectivity index is 0.000000424. The molecule has 0 saturated carbocycles. The summed E-state index contributed by atoms with van der Waals surface area (Å²) in [4.78, 5) is 0. The lowest BCUT2D eigenvalue weighted by Crippen LogP contribution is -2.12. The standard InChI is InChI=1S/C7H15BS2.C2H6S/c1-2-3-4-7-5-9-8-10-6-7;1-3-2/h7-8H,2-6H2,1H3;1-2H3. The molecule has 1 heterocycles. The van der Waals surface area contributed by atoms with E-state index < -0.39 is 0 Å². The van der Waals surface area contributed by atoms with Crippen molar-refractivity contribution in [3.05, 3.63) is 0 Å². The quantitative estimate of drug-likeness (QED) is 0.688. The number of rotatable bonds is 3. The zero-order valence-electron chi connectivity index (χ0n) is 9.04. The zero-order chi connectivity index (χ0) is 9.94. The molecule has 0 spiro atoms. The van der Waals surface area contributed by atoms with Crippen molar-refractivity contribution in [2.24, 2.45) is 5.92 Å². The number of unbranched alkanes of at least 4 members (excludes halogenated alkanes) is 1. The molecule has 0 aromatic rings. The van der Waals surface area contributed by atoms with Gasteiger partial charge in [0.2, 0.25) is 0 Å². The first-order chi connectivity index (χ1) is 6.35. The lowest BCUT2D eigenvalue weighted by Gasteiger charge is -2.19. The molecular weight excluding hydrogens is 215 g/mol. The second-order valence-electron chi connectivity index (χ2n) is 3.28. The zero-order valence-corrected chi connectivity index (χ0v) is 11.5. The van der Waals surface area contributed by atoms with Gasteiger partial charge in [0.15, 0.2) is 0 Å². The van der Waals surface area contributed by atoms with Crippen LogP contribution in [-0.4, -0.2) is 29.9 Å². The summed E-state index contributed by atoms with van der Waals surface area (Å²) in [7, 11) is 0. The van der Waals surface area contributed by atoms with E-state index in [1.54, 1.807) is 11.8 Å². The molecule has 1 rings (SSSR count). The van der Waals surface area contributed by atoms with Crippen LogP contribution in [0.5, 0.6) is 0 Å². The number of hydrogen-bond acceptors (Lipinski definition) is 3. The SMILES string of the molecule is CCCCC1CSBSC1.CSC. The average Bonchev–Trinajstić information content (AvgIpc) is 2.18. The summed E-state index contributed by atoms with van der Waals surface area (Å²) >= 11 is 5.98. The number of thioether (sulfide) groups is 1. The summed E-state index contributed by atoms with van der Waals surface area (Å²) in [6, 6.07) is 0. The minimum atomic E-state index is 1.03. The van der Waals surface area contributed by atoms with Crippen LogP contribution in [0.3, 0.4) is 0 Å². The molecule has 78 valence electrons. The van der Waals surface area contributed by atoms with E-state index in [1.807, 2.05) is 12.5 Å². The minimum absolute atomic E-state index is 1.03. The minimum Gasteiger partial charge on any atom is -0.199 e. The second-order valence-corrected chi connectivity index (χ2v) is 6.52. The Morgan fingerprint density at radius 2 is 1.85 bits per heavy atom. The molecule has 0 aliphatic carbocycles. The topological polar surface area (TPSA) is 0 Å². The molecular formula is C9H21BS3. The van der Waals surface area contributed by atoms with Crippen LogP contribution in [0.25, 0.3) is 0 Å². The lowest BCUT2D eigenvalue weighted by molar-refractivity contribution is 0.566. The Kier molecular flexibility index (Phi) is 12.2. The van der Waals surface area contributed by atoms with Gasteiger partial charge in [0.25, 0.3) is 5.84 Å². The second kappa shape index (κ2) is 11.2. The molecule has 0 amide bonds. The van der Waals surface area contributed by atoms with E-state index in [9.17, 15) is 0 Å². The first-order valence-electron chi connectivity index (χ1n) is 4.90. The fourth-order valence-electron chi connectivity index (χ4n) is 1.20. The Bertz CT molecular complexity index is 94.9. The highest BCUT2D eigenvalue weighted by atomic mass is 32.2. The molecule has 0 aromatic heterocycles. The van der Waals surface area contributed by atoms with Crippen LogP contribution >= 0.6 is 35.0 Å². The van der Waals surface area contributed by atoms with Gasteiger partial charge in [0.05, 0.1) is 0 Å². The molecule has 1 aliphatic heterocycles. The first-order valence-corrected chi connectivity index (χ1v) is 8.85. The van der Waals surface area contributed by atoms with E-state index in [0.29, 0.717) is 0 Å². The van der Waals surface area contributed by atoms with Crippen molar-refractivity contribution in [1.29, 1.82) is 0 Å². The molecule has 1 aliphatic rings. The third kappa shape index (κ3) is 9.42. The van der Waals surface area contributed by atoms with Crippen molar-refractivity contribution in [1.82, 2.24) is 0 Å². The predicted octanol–water partition coefficient (Wildman–Crippen LogP) is 3.52. The maximum Gasteiger partial charge on any atom is 0.256 e. The molecule has 1 saturated heterocycles. The van der Waals surface area contributed by atoms with Crippen LogP contribution in [0.1, 0.15) is 26.2 Å². The summed E-state index contributed by atoms with van der Waals surface area (Å²) in [6.07, 6.45) is 8.36. The summed E-state index contributed by atoms with van der Waals surface area (Å²) < 4.78 is 0. The fraction of sp³-hybridized carbons (Fsp3) is 1.00. The highest BCUT2D eigenvalue weighted by molar-refractivity contribution is 8.50. The average molecular weight is 236 g/mol. The Hall–Kier alpha value is 1.11. The fourth-order valence-corrected chi connectivity index (χ4v) is 3.82. The molecule has 0 atom stereocenters. The van der Waals surface area contributed by atoms with E-state index in [2.05, 4.69) is 30.1 Å². The van der Waals surface area contributed by atoms with Gasteiger partial charge in [0, 0.05) is 0 Å². The van der Waals surface area contributed by atoms with Gasteiger partial charge in [-0.15, -0.1) is 0 Å². The predicted molar refractivity (Wildman–Crippen MR) is 74.5 cm³/mol. The van der Waals surface area contributed by atoms with Crippen molar-refractivity contribution in [2.45, 2.75) is 26.2 Å². The highest BCUT2D eigenvalue weighted by Crippen LogP contribution is 2.26. The van der Waals surface area contributed by atoms with Gasteiger partial charge in [-0.25, -0.2) is 0 Å². The summed E-state index contributed by atoms with van der Waals surface area (Å²) in [5, 5.41) is 0. The van der Waals surface area contributed by atoms with Crippen molar-refractivity contribution in [2.75, 3.05) is 24.0 Å². The van der Waals surface area contributed by atoms with E-state index in [-0.39, 0.29) is 0 Å². The summed E-state index contributed by atoms with van der Waals surface area (Å²) in [5.74, 6) is 5.21. The lowest BCUT2D eigenvalue weighted by atomic mass is 10.1. The summed E-state index contributed by atoms with van der Waals surface area (Å²) in [6.45, 7) is 2.28. The van der Waals surface area contributed by atoms with Crippen molar-refractivity contribution >= 4 is 40.8 Å².